The van der Waals surface area contributed by atoms with Gasteiger partial charge in [0.15, 0.2) is 0 Å². The van der Waals surface area contributed by atoms with Crippen LogP contribution in [0.2, 0.25) is 0 Å². The topological polar surface area (TPSA) is 48.1 Å². The summed E-state index contributed by atoms with van der Waals surface area (Å²) in [5.41, 5.74) is 1.05. The van der Waals surface area contributed by atoms with Crippen LogP contribution in [-0.4, -0.2) is 4.98 Å². The van der Waals surface area contributed by atoms with E-state index in [-0.39, 0.29) is 0 Å². The van der Waals surface area contributed by atoms with Crippen LogP contribution in [0, 0.1) is 6.92 Å². The van der Waals surface area contributed by atoms with Gasteiger partial charge in [-0.2, -0.15) is 0 Å². The van der Waals surface area contributed by atoms with Crippen LogP contribution in [0.1, 0.15) is 9.88 Å². The van der Waals surface area contributed by atoms with Crippen LogP contribution in [0.4, 0.5) is 0 Å². The molecule has 2 aromatic rings. The summed E-state index contributed by atoms with van der Waals surface area (Å²) >= 11 is 3.32. The Labute approximate surface area is 90.1 Å². The van der Waals surface area contributed by atoms with Gasteiger partial charge in [-0.15, -0.1) is 22.7 Å². The SMILES string of the molecule is Cc1sc(CON)nc1-c1cccs1. The van der Waals surface area contributed by atoms with E-state index in [1.807, 2.05) is 11.4 Å². The molecule has 0 aliphatic carbocycles. The molecule has 0 spiro atoms. The first-order valence-corrected chi connectivity index (χ1v) is 5.82. The molecular formula is C9H10N2OS2. The van der Waals surface area contributed by atoms with E-state index in [0.717, 1.165) is 10.7 Å². The summed E-state index contributed by atoms with van der Waals surface area (Å²) in [5, 5.41) is 2.97. The van der Waals surface area contributed by atoms with Crippen LogP contribution in [0.3, 0.4) is 0 Å². The fourth-order valence-electron chi connectivity index (χ4n) is 1.23. The first kappa shape index (κ1) is 9.79. The van der Waals surface area contributed by atoms with Gasteiger partial charge in [0.25, 0.3) is 0 Å². The normalized spacial score (nSPS) is 10.7. The van der Waals surface area contributed by atoms with Crippen molar-refractivity contribution in [2.75, 3.05) is 0 Å². The van der Waals surface area contributed by atoms with E-state index in [1.165, 1.54) is 9.75 Å². The predicted octanol–water partition coefficient (Wildman–Crippen LogP) is 2.57. The lowest BCUT2D eigenvalue weighted by Crippen LogP contribution is -1.97. The molecule has 0 bridgehead atoms. The highest BCUT2D eigenvalue weighted by molar-refractivity contribution is 7.15. The minimum Gasteiger partial charge on any atom is -0.297 e. The average molecular weight is 226 g/mol. The number of hydrogen-bond donors (Lipinski definition) is 1. The number of nitrogens with zero attached hydrogens (tertiary/aromatic N) is 1. The molecule has 0 aliphatic heterocycles. The molecule has 0 saturated carbocycles. The maximum absolute atomic E-state index is 5.01. The summed E-state index contributed by atoms with van der Waals surface area (Å²) in [6.07, 6.45) is 0. The lowest BCUT2D eigenvalue weighted by atomic mass is 10.3. The number of thiazole rings is 1. The van der Waals surface area contributed by atoms with Crippen molar-refractivity contribution in [3.8, 4) is 10.6 Å². The van der Waals surface area contributed by atoms with Gasteiger partial charge in [-0.05, 0) is 18.4 Å². The van der Waals surface area contributed by atoms with Gasteiger partial charge in [0.2, 0.25) is 0 Å². The third kappa shape index (κ3) is 1.85. The van der Waals surface area contributed by atoms with Gasteiger partial charge in [-0.1, -0.05) is 6.07 Å². The standard InChI is InChI=1S/C9H10N2OS2/c1-6-9(7-3-2-4-13-7)11-8(14-6)5-12-10/h2-4H,5,10H2,1H3. The highest BCUT2D eigenvalue weighted by Gasteiger charge is 2.09. The van der Waals surface area contributed by atoms with Crippen LogP contribution >= 0.6 is 22.7 Å². The first-order valence-electron chi connectivity index (χ1n) is 4.13. The zero-order chi connectivity index (χ0) is 9.97. The predicted molar refractivity (Wildman–Crippen MR) is 59.1 cm³/mol. The molecule has 2 N–H and O–H groups in total. The zero-order valence-corrected chi connectivity index (χ0v) is 9.32. The van der Waals surface area contributed by atoms with Gasteiger partial charge in [0, 0.05) is 4.88 Å². The van der Waals surface area contributed by atoms with Crippen molar-refractivity contribution < 1.29 is 4.84 Å². The summed E-state index contributed by atoms with van der Waals surface area (Å²) in [4.78, 5) is 11.4. The second-order valence-corrected chi connectivity index (χ2v) is 5.04. The van der Waals surface area contributed by atoms with Crippen LogP contribution in [0.25, 0.3) is 10.6 Å². The minimum absolute atomic E-state index is 0.386. The summed E-state index contributed by atoms with van der Waals surface area (Å²) in [5.74, 6) is 5.01. The molecule has 0 saturated heterocycles. The first-order chi connectivity index (χ1) is 6.81. The maximum Gasteiger partial charge on any atom is 0.121 e. The molecule has 0 aromatic carbocycles. The van der Waals surface area contributed by atoms with Crippen LogP contribution in [0.5, 0.6) is 0 Å². The van der Waals surface area contributed by atoms with Gasteiger partial charge in [-0.25, -0.2) is 10.9 Å². The average Bonchev–Trinajstić information content (AvgIpc) is 2.74. The summed E-state index contributed by atoms with van der Waals surface area (Å²) in [6, 6.07) is 4.09. The lowest BCUT2D eigenvalue weighted by Gasteiger charge is -1.91. The Bertz CT molecular complexity index is 408. The molecule has 3 nitrogen and oxygen atoms in total. The molecule has 0 fully saturated rings. The molecule has 0 radical (unpaired) electrons. The third-order valence-electron chi connectivity index (χ3n) is 1.80. The molecule has 2 rings (SSSR count). The fourth-order valence-corrected chi connectivity index (χ4v) is 2.93. The second-order valence-electron chi connectivity index (χ2n) is 2.80. The molecule has 74 valence electrons. The molecule has 2 heterocycles. The number of aromatic nitrogens is 1. The number of nitrogens with two attached hydrogens (primary N) is 1. The lowest BCUT2D eigenvalue weighted by molar-refractivity contribution is 0.124. The largest absolute Gasteiger partial charge is 0.297 e. The van der Waals surface area contributed by atoms with Crippen molar-refractivity contribution in [2.45, 2.75) is 13.5 Å². The smallest absolute Gasteiger partial charge is 0.121 e. The van der Waals surface area contributed by atoms with Crippen LogP contribution < -0.4 is 5.90 Å². The Morgan fingerprint density at radius 1 is 1.57 bits per heavy atom. The van der Waals surface area contributed by atoms with Gasteiger partial charge >= 0.3 is 0 Å². The van der Waals surface area contributed by atoms with Crippen molar-refractivity contribution in [1.29, 1.82) is 0 Å². The molecule has 0 aliphatic rings. The van der Waals surface area contributed by atoms with E-state index >= 15 is 0 Å². The number of hydrogen-bond acceptors (Lipinski definition) is 5. The molecule has 14 heavy (non-hydrogen) atoms. The van der Waals surface area contributed by atoms with Crippen molar-refractivity contribution in [2.24, 2.45) is 5.90 Å². The molecule has 0 amide bonds. The van der Waals surface area contributed by atoms with Gasteiger partial charge < -0.3 is 0 Å². The Balaban J connectivity index is 2.35. The summed E-state index contributed by atoms with van der Waals surface area (Å²) < 4.78 is 0. The summed E-state index contributed by atoms with van der Waals surface area (Å²) in [6.45, 7) is 2.45. The van der Waals surface area contributed by atoms with E-state index in [9.17, 15) is 0 Å². The van der Waals surface area contributed by atoms with Crippen molar-refractivity contribution in [3.63, 3.8) is 0 Å². The Morgan fingerprint density at radius 2 is 2.43 bits per heavy atom. The van der Waals surface area contributed by atoms with Crippen molar-refractivity contribution in [3.05, 3.63) is 27.4 Å². The third-order valence-corrected chi connectivity index (χ3v) is 3.62. The highest BCUT2D eigenvalue weighted by Crippen LogP contribution is 2.30. The van der Waals surface area contributed by atoms with Crippen LogP contribution in [0.15, 0.2) is 17.5 Å². The van der Waals surface area contributed by atoms with E-state index in [4.69, 9.17) is 5.90 Å². The zero-order valence-electron chi connectivity index (χ0n) is 7.69. The van der Waals surface area contributed by atoms with E-state index < -0.39 is 0 Å². The van der Waals surface area contributed by atoms with Crippen molar-refractivity contribution >= 4 is 22.7 Å². The number of thiophene rings is 1. The monoisotopic (exact) mass is 226 g/mol. The van der Waals surface area contributed by atoms with Crippen molar-refractivity contribution in [1.82, 2.24) is 4.98 Å². The quantitative estimate of drug-likeness (QED) is 0.818. The highest BCUT2D eigenvalue weighted by atomic mass is 32.1. The minimum atomic E-state index is 0.386. The van der Waals surface area contributed by atoms with Crippen LogP contribution in [-0.2, 0) is 11.4 Å². The van der Waals surface area contributed by atoms with Gasteiger partial charge in [0.05, 0.1) is 10.6 Å². The Kier molecular flexibility index (Phi) is 2.93. The maximum atomic E-state index is 5.01. The molecular weight excluding hydrogens is 216 g/mol. The van der Waals surface area contributed by atoms with E-state index in [2.05, 4.69) is 22.8 Å². The summed E-state index contributed by atoms with van der Waals surface area (Å²) in [7, 11) is 0. The van der Waals surface area contributed by atoms with Gasteiger partial charge in [0.1, 0.15) is 11.6 Å². The van der Waals surface area contributed by atoms with Gasteiger partial charge in [-0.3, -0.25) is 4.84 Å². The Morgan fingerprint density at radius 3 is 3.07 bits per heavy atom. The molecule has 2 aromatic heterocycles. The Hall–Kier alpha value is -0.750. The van der Waals surface area contributed by atoms with E-state index in [0.29, 0.717) is 6.61 Å². The number of aryl methyl sites for hydroxylation is 1. The fraction of sp³-hybridized carbons (Fsp3) is 0.222. The van der Waals surface area contributed by atoms with E-state index in [1.54, 1.807) is 22.7 Å². The molecule has 5 heteroatoms. The number of rotatable bonds is 3. The molecule has 0 unspecified atom stereocenters. The molecule has 0 atom stereocenters. The second kappa shape index (κ2) is 4.18.